The quantitative estimate of drug-likeness (QED) is 0.843. The zero-order valence-corrected chi connectivity index (χ0v) is 13.4. The van der Waals surface area contributed by atoms with E-state index in [1.165, 1.54) is 17.1 Å². The summed E-state index contributed by atoms with van der Waals surface area (Å²) in [6.07, 6.45) is 2.47. The molecule has 1 N–H and O–H groups in total. The normalized spacial score (nSPS) is 14.4. The molecular weight excluding hydrogens is 300 g/mol. The van der Waals surface area contributed by atoms with Gasteiger partial charge >= 0.3 is 0 Å². The predicted octanol–water partition coefficient (Wildman–Crippen LogP) is 4.08. The Balaban J connectivity index is 1.62. The van der Waals surface area contributed by atoms with Crippen LogP contribution in [0.5, 0.6) is 0 Å². The van der Waals surface area contributed by atoms with Crippen LogP contribution in [0.3, 0.4) is 0 Å². The van der Waals surface area contributed by atoms with Crippen LogP contribution in [-0.2, 0) is 4.79 Å². The molecule has 1 fully saturated rings. The molecule has 1 aromatic heterocycles. The SMILES string of the molecule is O=C(CSc1cccs1)Nc1ccccc1N1CCCC1. The third kappa shape index (κ3) is 3.80. The largest absolute Gasteiger partial charge is 0.370 e. The van der Waals surface area contributed by atoms with Crippen molar-refractivity contribution in [2.45, 2.75) is 17.1 Å². The summed E-state index contributed by atoms with van der Waals surface area (Å²) >= 11 is 3.25. The van der Waals surface area contributed by atoms with E-state index in [9.17, 15) is 4.79 Å². The number of hydrogen-bond donors (Lipinski definition) is 1. The summed E-state index contributed by atoms with van der Waals surface area (Å²) in [4.78, 5) is 14.5. The maximum atomic E-state index is 12.1. The maximum absolute atomic E-state index is 12.1. The fourth-order valence-electron chi connectivity index (χ4n) is 2.48. The second-order valence-corrected chi connectivity index (χ2v) is 7.20. The van der Waals surface area contributed by atoms with Crippen molar-refractivity contribution in [2.75, 3.05) is 29.1 Å². The lowest BCUT2D eigenvalue weighted by molar-refractivity contribution is -0.113. The molecule has 1 amide bonds. The molecule has 0 spiro atoms. The number of amides is 1. The van der Waals surface area contributed by atoms with E-state index in [1.807, 2.05) is 35.7 Å². The van der Waals surface area contributed by atoms with E-state index in [0.717, 1.165) is 24.5 Å². The summed E-state index contributed by atoms with van der Waals surface area (Å²) in [6.45, 7) is 2.16. The molecule has 21 heavy (non-hydrogen) atoms. The van der Waals surface area contributed by atoms with E-state index in [1.54, 1.807) is 23.1 Å². The smallest absolute Gasteiger partial charge is 0.234 e. The first-order valence-electron chi connectivity index (χ1n) is 7.13. The van der Waals surface area contributed by atoms with E-state index >= 15 is 0 Å². The molecule has 2 heterocycles. The van der Waals surface area contributed by atoms with E-state index in [4.69, 9.17) is 0 Å². The van der Waals surface area contributed by atoms with Crippen molar-refractivity contribution in [3.05, 3.63) is 41.8 Å². The summed E-state index contributed by atoms with van der Waals surface area (Å²) in [5.41, 5.74) is 2.07. The fourth-order valence-corrected chi connectivity index (χ4v) is 4.07. The second kappa shape index (κ2) is 7.00. The highest BCUT2D eigenvalue weighted by Crippen LogP contribution is 2.29. The third-order valence-corrected chi connectivity index (χ3v) is 5.60. The second-order valence-electron chi connectivity index (χ2n) is 4.98. The number of carbonyl (C=O) groups excluding carboxylic acids is 1. The van der Waals surface area contributed by atoms with Crippen LogP contribution in [0.2, 0.25) is 0 Å². The van der Waals surface area contributed by atoms with E-state index in [2.05, 4.69) is 16.3 Å². The Labute approximate surface area is 133 Å². The van der Waals surface area contributed by atoms with Crippen molar-refractivity contribution < 1.29 is 4.79 Å². The van der Waals surface area contributed by atoms with Crippen molar-refractivity contribution in [3.8, 4) is 0 Å². The van der Waals surface area contributed by atoms with Crippen molar-refractivity contribution >= 4 is 40.4 Å². The predicted molar refractivity (Wildman–Crippen MR) is 91.6 cm³/mol. The van der Waals surface area contributed by atoms with Crippen molar-refractivity contribution in [1.29, 1.82) is 0 Å². The first-order chi connectivity index (χ1) is 10.3. The molecule has 110 valence electrons. The number of hydrogen-bond acceptors (Lipinski definition) is 4. The molecule has 0 unspecified atom stereocenters. The summed E-state index contributed by atoms with van der Waals surface area (Å²) in [5, 5.41) is 5.08. The molecule has 1 aliphatic rings. The molecule has 5 heteroatoms. The van der Waals surface area contributed by atoms with E-state index in [-0.39, 0.29) is 5.91 Å². The number of nitrogens with zero attached hydrogens (tertiary/aromatic N) is 1. The number of rotatable bonds is 5. The molecule has 0 bridgehead atoms. The number of thioether (sulfide) groups is 1. The van der Waals surface area contributed by atoms with Crippen molar-refractivity contribution in [2.24, 2.45) is 0 Å². The number of anilines is 2. The minimum Gasteiger partial charge on any atom is -0.370 e. The van der Waals surface area contributed by atoms with Gasteiger partial charge in [-0.25, -0.2) is 0 Å². The number of carbonyl (C=O) groups is 1. The van der Waals surface area contributed by atoms with E-state index in [0.29, 0.717) is 5.75 Å². The van der Waals surface area contributed by atoms with Crippen molar-refractivity contribution in [1.82, 2.24) is 0 Å². The Morgan fingerprint density at radius 2 is 2.00 bits per heavy atom. The van der Waals surface area contributed by atoms with Gasteiger partial charge in [-0.3, -0.25) is 4.79 Å². The Morgan fingerprint density at radius 1 is 1.19 bits per heavy atom. The summed E-state index contributed by atoms with van der Waals surface area (Å²) in [7, 11) is 0. The Morgan fingerprint density at radius 3 is 2.76 bits per heavy atom. The number of benzene rings is 1. The van der Waals surface area contributed by atoms with Crippen LogP contribution in [-0.4, -0.2) is 24.7 Å². The molecule has 0 saturated carbocycles. The van der Waals surface area contributed by atoms with Crippen LogP contribution in [0.4, 0.5) is 11.4 Å². The molecule has 0 aliphatic carbocycles. The number of thiophene rings is 1. The van der Waals surface area contributed by atoms with Gasteiger partial charge in [-0.2, -0.15) is 0 Å². The summed E-state index contributed by atoms with van der Waals surface area (Å²) in [5.74, 6) is 0.509. The van der Waals surface area contributed by atoms with Gasteiger partial charge in [-0.15, -0.1) is 23.1 Å². The molecule has 3 rings (SSSR count). The van der Waals surface area contributed by atoms with Gasteiger partial charge in [0.1, 0.15) is 0 Å². The first-order valence-corrected chi connectivity index (χ1v) is 8.99. The van der Waals surface area contributed by atoms with Gasteiger partial charge in [0.25, 0.3) is 0 Å². The van der Waals surface area contributed by atoms with Gasteiger partial charge in [-0.1, -0.05) is 18.2 Å². The lowest BCUT2D eigenvalue weighted by atomic mass is 10.2. The van der Waals surface area contributed by atoms with Gasteiger partial charge in [0.2, 0.25) is 5.91 Å². The van der Waals surface area contributed by atoms with Gasteiger partial charge in [0.05, 0.1) is 21.3 Å². The lowest BCUT2D eigenvalue weighted by Gasteiger charge is -2.21. The maximum Gasteiger partial charge on any atom is 0.234 e. The highest BCUT2D eigenvalue weighted by atomic mass is 32.2. The fraction of sp³-hybridized carbons (Fsp3) is 0.312. The van der Waals surface area contributed by atoms with Crippen LogP contribution in [0, 0.1) is 0 Å². The standard InChI is InChI=1S/C16H18N2OS2/c19-15(12-21-16-8-5-11-20-16)17-13-6-1-2-7-14(13)18-9-3-4-10-18/h1-2,5-8,11H,3-4,9-10,12H2,(H,17,19). The Bertz CT molecular complexity index is 592. The molecule has 1 saturated heterocycles. The lowest BCUT2D eigenvalue weighted by Crippen LogP contribution is -2.21. The minimum atomic E-state index is 0.0556. The van der Waals surface area contributed by atoms with Crippen LogP contribution in [0.15, 0.2) is 46.0 Å². The minimum absolute atomic E-state index is 0.0556. The van der Waals surface area contributed by atoms with Gasteiger partial charge < -0.3 is 10.2 Å². The third-order valence-electron chi connectivity index (χ3n) is 3.47. The van der Waals surface area contributed by atoms with Crippen LogP contribution >= 0.6 is 23.1 Å². The highest BCUT2D eigenvalue weighted by Gasteiger charge is 2.16. The topological polar surface area (TPSA) is 32.3 Å². The zero-order valence-electron chi connectivity index (χ0n) is 11.7. The van der Waals surface area contributed by atoms with Crippen LogP contribution < -0.4 is 10.2 Å². The molecule has 1 aliphatic heterocycles. The number of para-hydroxylation sites is 2. The van der Waals surface area contributed by atoms with Crippen LogP contribution in [0.1, 0.15) is 12.8 Å². The van der Waals surface area contributed by atoms with Crippen LogP contribution in [0.25, 0.3) is 0 Å². The zero-order chi connectivity index (χ0) is 14.5. The first kappa shape index (κ1) is 14.5. The van der Waals surface area contributed by atoms with Crippen molar-refractivity contribution in [3.63, 3.8) is 0 Å². The molecular formula is C16H18N2OS2. The summed E-state index contributed by atoms with van der Waals surface area (Å²) in [6, 6.07) is 12.1. The molecule has 0 atom stereocenters. The Hall–Kier alpha value is -1.46. The van der Waals surface area contributed by atoms with Gasteiger partial charge in [0.15, 0.2) is 0 Å². The summed E-state index contributed by atoms with van der Waals surface area (Å²) < 4.78 is 1.18. The average Bonchev–Trinajstić information content (AvgIpc) is 3.19. The molecule has 2 aromatic rings. The average molecular weight is 318 g/mol. The molecule has 0 radical (unpaired) electrons. The van der Waals surface area contributed by atoms with Gasteiger partial charge in [0, 0.05) is 13.1 Å². The number of nitrogens with one attached hydrogen (secondary N) is 1. The Kier molecular flexibility index (Phi) is 4.83. The van der Waals surface area contributed by atoms with E-state index < -0.39 is 0 Å². The van der Waals surface area contributed by atoms with Gasteiger partial charge in [-0.05, 0) is 36.4 Å². The highest BCUT2D eigenvalue weighted by molar-refractivity contribution is 8.01. The molecule has 3 nitrogen and oxygen atoms in total. The molecule has 1 aromatic carbocycles. The monoisotopic (exact) mass is 318 g/mol.